The van der Waals surface area contributed by atoms with Crippen molar-refractivity contribution in [3.05, 3.63) is 0 Å². The fraction of sp³-hybridized carbons (Fsp3) is 0. The minimum atomic E-state index is 0. The molecule has 7 N–H and O–H groups in total. The number of aromatic amines is 1. The maximum atomic E-state index is 4.99. The lowest BCUT2D eigenvalue weighted by Crippen LogP contribution is -1.84. The van der Waals surface area contributed by atoms with E-state index in [1.54, 1.807) is 0 Å². The van der Waals surface area contributed by atoms with E-state index in [4.69, 9.17) is 5.73 Å². The van der Waals surface area contributed by atoms with Gasteiger partial charge in [-0.25, -0.2) is 5.10 Å². The van der Waals surface area contributed by atoms with Crippen LogP contribution in [0.15, 0.2) is 0 Å². The topological polar surface area (TPSA) is 143 Å². The first-order valence-corrected chi connectivity index (χ1v) is 1.39. The predicted octanol–water partition coefficient (Wildman–Crippen LogP) is -2.87. The number of tetrazole rings is 1. The smallest absolute Gasteiger partial charge is 0.237 e. The van der Waals surface area contributed by atoms with Crippen LogP contribution in [0.2, 0.25) is 0 Å². The Morgan fingerprint density at radius 2 is 2.00 bits per heavy atom. The Labute approximate surface area is 44.5 Å². The van der Waals surface area contributed by atoms with Gasteiger partial charge in [-0.2, -0.15) is 0 Å². The molecule has 0 saturated heterocycles. The van der Waals surface area contributed by atoms with Gasteiger partial charge in [0.25, 0.3) is 0 Å². The molecule has 0 amide bonds. The molecule has 0 unspecified atom stereocenters. The molecule has 1 heterocycles. The largest absolute Gasteiger partial charge is 0.412 e. The summed E-state index contributed by atoms with van der Waals surface area (Å²) in [6.45, 7) is 0. The SMILES string of the molecule is Nc1nnn[nH]1.O.O. The lowest BCUT2D eigenvalue weighted by Gasteiger charge is -1.65. The lowest BCUT2D eigenvalue weighted by atomic mass is 11.2. The van der Waals surface area contributed by atoms with Gasteiger partial charge in [0.05, 0.1) is 0 Å². The molecule has 0 saturated carbocycles. The van der Waals surface area contributed by atoms with Crippen molar-refractivity contribution in [3.8, 4) is 0 Å². The number of nitrogens with one attached hydrogen (secondary N) is 1. The van der Waals surface area contributed by atoms with Crippen LogP contribution in [-0.2, 0) is 0 Å². The van der Waals surface area contributed by atoms with E-state index < -0.39 is 0 Å². The van der Waals surface area contributed by atoms with Crippen molar-refractivity contribution in [2.45, 2.75) is 0 Å². The summed E-state index contributed by atoms with van der Waals surface area (Å²) in [5.41, 5.74) is 4.99. The van der Waals surface area contributed by atoms with E-state index in [2.05, 4.69) is 20.6 Å². The number of rotatable bonds is 0. The summed E-state index contributed by atoms with van der Waals surface area (Å²) in [5.74, 6) is 0.245. The minimum absolute atomic E-state index is 0. The van der Waals surface area contributed by atoms with Gasteiger partial charge in [0.1, 0.15) is 0 Å². The van der Waals surface area contributed by atoms with E-state index in [0.717, 1.165) is 0 Å². The molecule has 7 nitrogen and oxygen atoms in total. The first-order chi connectivity index (χ1) is 2.89. The summed E-state index contributed by atoms with van der Waals surface area (Å²) in [5, 5.41) is 11.9. The molecule has 0 atom stereocenters. The minimum Gasteiger partial charge on any atom is -0.412 e. The van der Waals surface area contributed by atoms with Crippen molar-refractivity contribution in [1.82, 2.24) is 20.6 Å². The molecule has 0 aliphatic carbocycles. The van der Waals surface area contributed by atoms with E-state index in [1.165, 1.54) is 0 Å². The average molecular weight is 121 g/mol. The second-order valence-electron chi connectivity index (χ2n) is 0.786. The van der Waals surface area contributed by atoms with E-state index >= 15 is 0 Å². The number of nitrogens with zero attached hydrogens (tertiary/aromatic N) is 3. The van der Waals surface area contributed by atoms with Crippen molar-refractivity contribution in [3.63, 3.8) is 0 Å². The van der Waals surface area contributed by atoms with Crippen LogP contribution in [0.3, 0.4) is 0 Å². The number of aromatic nitrogens is 4. The van der Waals surface area contributed by atoms with E-state index in [-0.39, 0.29) is 16.9 Å². The Hall–Kier alpha value is -1.21. The molecular weight excluding hydrogens is 114 g/mol. The first kappa shape index (κ1) is 9.92. The highest BCUT2D eigenvalue weighted by Crippen LogP contribution is 1.72. The molecule has 0 spiro atoms. The molecule has 0 bridgehead atoms. The highest BCUT2D eigenvalue weighted by Gasteiger charge is 1.77. The van der Waals surface area contributed by atoms with Gasteiger partial charge in [-0.05, 0) is 10.4 Å². The monoisotopic (exact) mass is 121 g/mol. The Bertz CT molecular complexity index is 114. The standard InChI is InChI=1S/CH3N5.2H2O/c2-1-3-5-6-4-1;;/h(H3,2,3,4,5,6);2*1H2. The van der Waals surface area contributed by atoms with Gasteiger partial charge >= 0.3 is 0 Å². The Morgan fingerprint density at radius 1 is 1.38 bits per heavy atom. The van der Waals surface area contributed by atoms with Crippen LogP contribution in [0.1, 0.15) is 0 Å². The molecule has 0 radical (unpaired) electrons. The van der Waals surface area contributed by atoms with Crippen molar-refractivity contribution in [1.29, 1.82) is 0 Å². The van der Waals surface area contributed by atoms with Crippen LogP contribution >= 0.6 is 0 Å². The summed E-state index contributed by atoms with van der Waals surface area (Å²) in [6.07, 6.45) is 0. The Morgan fingerprint density at radius 3 is 2.12 bits per heavy atom. The molecule has 0 aliphatic rings. The van der Waals surface area contributed by atoms with Crippen LogP contribution in [-0.4, -0.2) is 31.6 Å². The van der Waals surface area contributed by atoms with E-state index in [9.17, 15) is 0 Å². The summed E-state index contributed by atoms with van der Waals surface area (Å²) in [4.78, 5) is 0. The second-order valence-corrected chi connectivity index (χ2v) is 0.786. The van der Waals surface area contributed by atoms with Gasteiger partial charge in [0, 0.05) is 0 Å². The number of hydrogen-bond acceptors (Lipinski definition) is 4. The molecular formula is CH7N5O2. The third kappa shape index (κ3) is 2.05. The Kier molecular flexibility index (Phi) is 4.91. The number of nitrogen functional groups attached to an aromatic ring is 1. The van der Waals surface area contributed by atoms with Crippen LogP contribution in [0.25, 0.3) is 0 Å². The molecule has 8 heavy (non-hydrogen) atoms. The predicted molar refractivity (Wildman–Crippen MR) is 25.8 cm³/mol. The molecule has 1 aromatic rings. The lowest BCUT2D eigenvalue weighted by molar-refractivity contribution is 0.823. The molecule has 0 aromatic carbocycles. The maximum absolute atomic E-state index is 4.99. The number of nitrogens with two attached hydrogens (primary N) is 1. The number of hydrogen-bond donors (Lipinski definition) is 2. The van der Waals surface area contributed by atoms with Crippen molar-refractivity contribution >= 4 is 5.95 Å². The zero-order valence-electron chi connectivity index (χ0n) is 3.92. The number of anilines is 1. The maximum Gasteiger partial charge on any atom is 0.237 e. The van der Waals surface area contributed by atoms with Gasteiger partial charge in [-0.15, -0.1) is 0 Å². The fourth-order valence-corrected chi connectivity index (χ4v) is 0.166. The van der Waals surface area contributed by atoms with Gasteiger partial charge in [-0.3, -0.25) is 0 Å². The third-order valence-corrected chi connectivity index (χ3v) is 0.362. The van der Waals surface area contributed by atoms with Gasteiger partial charge in [0.15, 0.2) is 0 Å². The van der Waals surface area contributed by atoms with Gasteiger partial charge in [0.2, 0.25) is 5.95 Å². The second kappa shape index (κ2) is 3.96. The molecule has 1 aromatic heterocycles. The van der Waals surface area contributed by atoms with E-state index in [0.29, 0.717) is 0 Å². The average Bonchev–Trinajstić information content (AvgIpc) is 1.86. The van der Waals surface area contributed by atoms with Crippen molar-refractivity contribution in [2.24, 2.45) is 0 Å². The molecule has 48 valence electrons. The van der Waals surface area contributed by atoms with Crippen LogP contribution in [0.5, 0.6) is 0 Å². The van der Waals surface area contributed by atoms with Crippen molar-refractivity contribution < 1.29 is 11.0 Å². The summed E-state index contributed by atoms with van der Waals surface area (Å²) in [6, 6.07) is 0. The molecule has 0 fully saturated rings. The third-order valence-electron chi connectivity index (χ3n) is 0.362. The first-order valence-electron chi connectivity index (χ1n) is 1.39. The van der Waals surface area contributed by atoms with E-state index in [1.807, 2.05) is 0 Å². The summed E-state index contributed by atoms with van der Waals surface area (Å²) < 4.78 is 0. The molecule has 1 rings (SSSR count). The molecule has 0 aliphatic heterocycles. The van der Waals surface area contributed by atoms with Crippen molar-refractivity contribution in [2.75, 3.05) is 5.73 Å². The molecule has 7 heteroatoms. The zero-order valence-corrected chi connectivity index (χ0v) is 3.92. The summed E-state index contributed by atoms with van der Waals surface area (Å²) in [7, 11) is 0. The number of H-pyrrole nitrogens is 1. The Balaban J connectivity index is 0. The zero-order chi connectivity index (χ0) is 4.41. The van der Waals surface area contributed by atoms with Crippen LogP contribution in [0.4, 0.5) is 5.95 Å². The summed E-state index contributed by atoms with van der Waals surface area (Å²) >= 11 is 0. The van der Waals surface area contributed by atoms with Crippen LogP contribution in [0, 0.1) is 0 Å². The highest BCUT2D eigenvalue weighted by molar-refractivity contribution is 5.05. The quantitative estimate of drug-likeness (QED) is 0.380. The van der Waals surface area contributed by atoms with Gasteiger partial charge in [-0.1, -0.05) is 5.10 Å². The normalized spacial score (nSPS) is 6.50. The van der Waals surface area contributed by atoms with Gasteiger partial charge < -0.3 is 16.7 Å². The highest BCUT2D eigenvalue weighted by atomic mass is 16.0. The van der Waals surface area contributed by atoms with Crippen LogP contribution < -0.4 is 5.73 Å². The fourth-order valence-electron chi connectivity index (χ4n) is 0.166.